The lowest BCUT2D eigenvalue weighted by molar-refractivity contribution is 0.0577. The molecule has 2 atom stereocenters. The van der Waals surface area contributed by atoms with Crippen LogP contribution in [-0.4, -0.2) is 53.7 Å². The van der Waals surface area contributed by atoms with Gasteiger partial charge in [0, 0.05) is 26.7 Å². The predicted octanol–water partition coefficient (Wildman–Crippen LogP) is 0.513. The molecule has 1 heterocycles. The van der Waals surface area contributed by atoms with Gasteiger partial charge in [-0.3, -0.25) is 0 Å². The zero-order valence-corrected chi connectivity index (χ0v) is 8.53. The molecule has 0 radical (unpaired) electrons. The summed E-state index contributed by atoms with van der Waals surface area (Å²) in [6.07, 6.45) is 1.16. The van der Waals surface area contributed by atoms with E-state index in [0.29, 0.717) is 19.4 Å². The van der Waals surface area contributed by atoms with Gasteiger partial charge in [0.05, 0.1) is 6.10 Å². The zero-order valence-electron chi connectivity index (χ0n) is 8.53. The molecule has 76 valence electrons. The van der Waals surface area contributed by atoms with Crippen molar-refractivity contribution < 1.29 is 9.90 Å². The number of likely N-dealkylation sites (tertiary alicyclic amines) is 1. The van der Waals surface area contributed by atoms with E-state index < -0.39 is 0 Å². The molecule has 0 aliphatic carbocycles. The van der Waals surface area contributed by atoms with Crippen molar-refractivity contribution in [1.29, 1.82) is 0 Å². The number of hydrogen-bond acceptors (Lipinski definition) is 2. The Morgan fingerprint density at radius 3 is 2.62 bits per heavy atom. The summed E-state index contributed by atoms with van der Waals surface area (Å²) in [6, 6.07) is 0.193. The van der Waals surface area contributed by atoms with E-state index in [1.165, 1.54) is 0 Å². The summed E-state index contributed by atoms with van der Waals surface area (Å²) in [5.74, 6) is 0. The number of carbonyl (C=O) groups excluding carboxylic acids is 1. The molecule has 1 N–H and O–H groups in total. The molecule has 0 aromatic rings. The molecule has 0 bridgehead atoms. The number of rotatable bonds is 0. The minimum absolute atomic E-state index is 0.0411. The van der Waals surface area contributed by atoms with E-state index in [1.54, 1.807) is 19.0 Å². The number of amides is 2. The lowest BCUT2D eigenvalue weighted by Crippen LogP contribution is -2.49. The number of aliphatic hydroxyl groups is 1. The highest BCUT2D eigenvalue weighted by molar-refractivity contribution is 5.74. The van der Waals surface area contributed by atoms with Crippen LogP contribution in [0, 0.1) is 0 Å². The lowest BCUT2D eigenvalue weighted by atomic mass is 10.0. The van der Waals surface area contributed by atoms with Gasteiger partial charge in [0.1, 0.15) is 0 Å². The van der Waals surface area contributed by atoms with Crippen molar-refractivity contribution in [3.63, 3.8) is 0 Å². The van der Waals surface area contributed by atoms with E-state index in [4.69, 9.17) is 0 Å². The first-order chi connectivity index (χ1) is 6.02. The first kappa shape index (κ1) is 10.3. The summed E-state index contributed by atoms with van der Waals surface area (Å²) in [4.78, 5) is 15.0. The quantitative estimate of drug-likeness (QED) is 0.599. The molecule has 1 saturated heterocycles. The van der Waals surface area contributed by atoms with E-state index in [2.05, 4.69) is 0 Å². The van der Waals surface area contributed by atoms with Crippen molar-refractivity contribution in [2.24, 2.45) is 0 Å². The fraction of sp³-hybridized carbons (Fsp3) is 0.889. The lowest BCUT2D eigenvalue weighted by Gasteiger charge is -2.37. The van der Waals surface area contributed by atoms with E-state index in [1.807, 2.05) is 11.8 Å². The van der Waals surface area contributed by atoms with Gasteiger partial charge in [-0.1, -0.05) is 0 Å². The molecule has 0 aromatic heterocycles. The molecule has 1 aliphatic heterocycles. The molecule has 4 heteroatoms. The standard InChI is InChI=1S/C9H18N2O2/c1-7-6-8(12)4-5-11(7)9(13)10(2)3/h7-8,12H,4-6H2,1-3H3. The second-order valence-electron chi connectivity index (χ2n) is 3.90. The van der Waals surface area contributed by atoms with Crippen molar-refractivity contribution in [1.82, 2.24) is 9.80 Å². The Kier molecular flexibility index (Phi) is 3.14. The SMILES string of the molecule is CC1CC(O)CCN1C(=O)N(C)C. The molecule has 1 rings (SSSR count). The Labute approximate surface area is 79.1 Å². The molecule has 13 heavy (non-hydrogen) atoms. The van der Waals surface area contributed by atoms with Crippen LogP contribution in [0.25, 0.3) is 0 Å². The smallest absolute Gasteiger partial charge is 0.319 e. The Morgan fingerprint density at radius 1 is 1.54 bits per heavy atom. The summed E-state index contributed by atoms with van der Waals surface area (Å²) in [5.41, 5.74) is 0. The van der Waals surface area contributed by atoms with E-state index >= 15 is 0 Å². The van der Waals surface area contributed by atoms with Crippen molar-refractivity contribution in [3.8, 4) is 0 Å². The maximum atomic E-state index is 11.6. The number of nitrogens with zero attached hydrogens (tertiary/aromatic N) is 2. The highest BCUT2D eigenvalue weighted by Gasteiger charge is 2.28. The summed E-state index contributed by atoms with van der Waals surface area (Å²) >= 11 is 0. The average molecular weight is 186 g/mol. The van der Waals surface area contributed by atoms with Crippen LogP contribution in [0.3, 0.4) is 0 Å². The zero-order chi connectivity index (χ0) is 10.0. The largest absolute Gasteiger partial charge is 0.393 e. The van der Waals surface area contributed by atoms with Gasteiger partial charge in [0.2, 0.25) is 0 Å². The normalized spacial score (nSPS) is 28.8. The van der Waals surface area contributed by atoms with Gasteiger partial charge in [-0.15, -0.1) is 0 Å². The van der Waals surface area contributed by atoms with Crippen molar-refractivity contribution >= 4 is 6.03 Å². The van der Waals surface area contributed by atoms with Crippen LogP contribution < -0.4 is 0 Å². The second-order valence-corrected chi connectivity index (χ2v) is 3.90. The monoisotopic (exact) mass is 186 g/mol. The van der Waals surface area contributed by atoms with Crippen LogP contribution in [0.5, 0.6) is 0 Å². The van der Waals surface area contributed by atoms with Gasteiger partial charge in [0.15, 0.2) is 0 Å². The number of carbonyl (C=O) groups is 1. The van der Waals surface area contributed by atoms with Gasteiger partial charge < -0.3 is 14.9 Å². The number of piperidine rings is 1. The molecule has 0 saturated carbocycles. The maximum absolute atomic E-state index is 11.6. The fourth-order valence-electron chi connectivity index (χ4n) is 1.69. The van der Waals surface area contributed by atoms with Gasteiger partial charge in [-0.25, -0.2) is 4.79 Å². The molecular formula is C9H18N2O2. The van der Waals surface area contributed by atoms with Crippen LogP contribution >= 0.6 is 0 Å². The molecule has 0 aromatic carbocycles. The molecule has 1 aliphatic rings. The van der Waals surface area contributed by atoms with Crippen molar-refractivity contribution in [2.75, 3.05) is 20.6 Å². The fourth-order valence-corrected chi connectivity index (χ4v) is 1.69. The number of hydrogen-bond donors (Lipinski definition) is 1. The first-order valence-electron chi connectivity index (χ1n) is 4.68. The average Bonchev–Trinajstić information content (AvgIpc) is 2.03. The van der Waals surface area contributed by atoms with Crippen LogP contribution in [0.15, 0.2) is 0 Å². The predicted molar refractivity (Wildman–Crippen MR) is 50.5 cm³/mol. The molecular weight excluding hydrogens is 168 g/mol. The van der Waals surface area contributed by atoms with Gasteiger partial charge in [-0.2, -0.15) is 0 Å². The maximum Gasteiger partial charge on any atom is 0.319 e. The Balaban J connectivity index is 2.56. The minimum atomic E-state index is -0.235. The second kappa shape index (κ2) is 3.96. The third-order valence-electron chi connectivity index (χ3n) is 2.48. The van der Waals surface area contributed by atoms with E-state index in [9.17, 15) is 9.90 Å². The topological polar surface area (TPSA) is 43.8 Å². The Hall–Kier alpha value is -0.770. The first-order valence-corrected chi connectivity index (χ1v) is 4.68. The van der Waals surface area contributed by atoms with E-state index in [0.717, 1.165) is 0 Å². The molecule has 0 spiro atoms. The van der Waals surface area contributed by atoms with Crippen LogP contribution in [0.2, 0.25) is 0 Å². The highest BCUT2D eigenvalue weighted by atomic mass is 16.3. The van der Waals surface area contributed by atoms with Crippen molar-refractivity contribution in [2.45, 2.75) is 31.9 Å². The van der Waals surface area contributed by atoms with Crippen LogP contribution in [0.1, 0.15) is 19.8 Å². The summed E-state index contributed by atoms with van der Waals surface area (Å²) in [5, 5.41) is 9.37. The summed E-state index contributed by atoms with van der Waals surface area (Å²) < 4.78 is 0. The van der Waals surface area contributed by atoms with Gasteiger partial charge >= 0.3 is 6.03 Å². The number of aliphatic hydroxyl groups excluding tert-OH is 1. The highest BCUT2D eigenvalue weighted by Crippen LogP contribution is 2.17. The summed E-state index contributed by atoms with van der Waals surface area (Å²) in [7, 11) is 3.50. The third kappa shape index (κ3) is 2.34. The molecule has 2 unspecified atom stereocenters. The van der Waals surface area contributed by atoms with Gasteiger partial charge in [0.25, 0.3) is 0 Å². The summed E-state index contributed by atoms with van der Waals surface area (Å²) in [6.45, 7) is 2.64. The van der Waals surface area contributed by atoms with Gasteiger partial charge in [-0.05, 0) is 19.8 Å². The Bertz CT molecular complexity index is 194. The van der Waals surface area contributed by atoms with Crippen molar-refractivity contribution in [3.05, 3.63) is 0 Å². The van der Waals surface area contributed by atoms with Crippen LogP contribution in [-0.2, 0) is 0 Å². The molecule has 2 amide bonds. The number of urea groups is 1. The minimum Gasteiger partial charge on any atom is -0.393 e. The van der Waals surface area contributed by atoms with Crippen LogP contribution in [0.4, 0.5) is 4.79 Å². The Morgan fingerprint density at radius 2 is 2.15 bits per heavy atom. The third-order valence-corrected chi connectivity index (χ3v) is 2.48. The molecule has 1 fully saturated rings. The molecule has 4 nitrogen and oxygen atoms in total. The van der Waals surface area contributed by atoms with E-state index in [-0.39, 0.29) is 18.2 Å².